The van der Waals surface area contributed by atoms with Gasteiger partial charge in [0.05, 0.1) is 11.6 Å². The Labute approximate surface area is 101 Å². The van der Waals surface area contributed by atoms with E-state index in [0.717, 1.165) is 23.4 Å². The molecule has 5 nitrogen and oxygen atoms in total. The van der Waals surface area contributed by atoms with Crippen LogP contribution in [0.2, 0.25) is 0 Å². The molecule has 5 heteroatoms. The van der Waals surface area contributed by atoms with Crippen LogP contribution < -0.4 is 5.73 Å². The third kappa shape index (κ3) is 2.09. The monoisotopic (exact) mass is 233 g/mol. The summed E-state index contributed by atoms with van der Waals surface area (Å²) in [6.45, 7) is 6.85. The van der Waals surface area contributed by atoms with Crippen LogP contribution in [0.15, 0.2) is 6.20 Å². The predicted molar refractivity (Wildman–Crippen MR) is 68.7 cm³/mol. The molecule has 0 saturated heterocycles. The Morgan fingerprint density at radius 3 is 2.65 bits per heavy atom. The first kappa shape index (κ1) is 11.8. The van der Waals surface area contributed by atoms with Crippen molar-refractivity contribution in [1.29, 1.82) is 0 Å². The number of aryl methyl sites for hydroxylation is 1. The lowest BCUT2D eigenvalue weighted by molar-refractivity contribution is 0.674. The zero-order valence-corrected chi connectivity index (χ0v) is 10.6. The average Bonchev–Trinajstić information content (AvgIpc) is 3.12. The molecule has 3 rings (SSSR count). The standard InChI is InChI=1S/C10H13N5.C2H6/c1-2-15-10-7(5-12-15)8(11)13-9(14-10)6-3-4-6;1-2/h5-6H,2-4H2,1H3,(H2,11,13,14);1-2H3. The second-order valence-electron chi connectivity index (χ2n) is 3.94. The van der Waals surface area contributed by atoms with Crippen LogP contribution >= 0.6 is 0 Å². The molecule has 2 aromatic rings. The van der Waals surface area contributed by atoms with Crippen LogP contribution in [0.4, 0.5) is 5.82 Å². The van der Waals surface area contributed by atoms with Crippen molar-refractivity contribution in [3.8, 4) is 0 Å². The van der Waals surface area contributed by atoms with E-state index in [1.54, 1.807) is 6.20 Å². The van der Waals surface area contributed by atoms with E-state index >= 15 is 0 Å². The SMILES string of the molecule is CC.CCn1ncc2c(N)nc(C3CC3)nc21. The van der Waals surface area contributed by atoms with Crippen LogP contribution in [0.5, 0.6) is 0 Å². The smallest absolute Gasteiger partial charge is 0.163 e. The second kappa shape index (κ2) is 4.69. The third-order valence-corrected chi connectivity index (χ3v) is 2.79. The number of anilines is 1. The third-order valence-electron chi connectivity index (χ3n) is 2.79. The van der Waals surface area contributed by atoms with Gasteiger partial charge >= 0.3 is 0 Å². The first-order valence-electron chi connectivity index (χ1n) is 6.28. The van der Waals surface area contributed by atoms with Crippen molar-refractivity contribution in [2.75, 3.05) is 5.73 Å². The molecular weight excluding hydrogens is 214 g/mol. The summed E-state index contributed by atoms with van der Waals surface area (Å²) in [5, 5.41) is 5.09. The van der Waals surface area contributed by atoms with Crippen LogP contribution in [-0.4, -0.2) is 19.7 Å². The highest BCUT2D eigenvalue weighted by Gasteiger charge is 2.27. The topological polar surface area (TPSA) is 69.6 Å². The summed E-state index contributed by atoms with van der Waals surface area (Å²) < 4.78 is 1.86. The van der Waals surface area contributed by atoms with E-state index in [2.05, 4.69) is 15.1 Å². The molecule has 2 heterocycles. The highest BCUT2D eigenvalue weighted by atomic mass is 15.3. The molecule has 0 spiro atoms. The number of hydrogen-bond acceptors (Lipinski definition) is 4. The lowest BCUT2D eigenvalue weighted by atomic mass is 10.3. The molecule has 0 atom stereocenters. The van der Waals surface area contributed by atoms with Crippen LogP contribution in [0.3, 0.4) is 0 Å². The molecule has 0 amide bonds. The van der Waals surface area contributed by atoms with E-state index in [4.69, 9.17) is 5.73 Å². The van der Waals surface area contributed by atoms with Gasteiger partial charge in [0.2, 0.25) is 0 Å². The van der Waals surface area contributed by atoms with E-state index in [0.29, 0.717) is 11.7 Å². The summed E-state index contributed by atoms with van der Waals surface area (Å²) in [7, 11) is 0. The normalized spacial score (nSPS) is 14.5. The second-order valence-corrected chi connectivity index (χ2v) is 3.94. The number of nitrogens with zero attached hydrogens (tertiary/aromatic N) is 4. The van der Waals surface area contributed by atoms with Gasteiger partial charge in [0.25, 0.3) is 0 Å². The molecule has 0 radical (unpaired) electrons. The van der Waals surface area contributed by atoms with E-state index in [9.17, 15) is 0 Å². The summed E-state index contributed by atoms with van der Waals surface area (Å²) in [5.41, 5.74) is 6.75. The highest BCUT2D eigenvalue weighted by molar-refractivity contribution is 5.85. The quantitative estimate of drug-likeness (QED) is 0.864. The predicted octanol–water partition coefficient (Wildman–Crippen LogP) is 2.33. The Hall–Kier alpha value is -1.65. The summed E-state index contributed by atoms with van der Waals surface area (Å²) in [5.74, 6) is 1.97. The maximum Gasteiger partial charge on any atom is 0.163 e. The van der Waals surface area contributed by atoms with Crippen LogP contribution in [0.1, 0.15) is 45.4 Å². The largest absolute Gasteiger partial charge is 0.383 e. The van der Waals surface area contributed by atoms with Gasteiger partial charge in [-0.2, -0.15) is 5.10 Å². The number of hydrogen-bond donors (Lipinski definition) is 1. The van der Waals surface area contributed by atoms with Crippen LogP contribution in [-0.2, 0) is 6.54 Å². The van der Waals surface area contributed by atoms with Crippen molar-refractivity contribution in [3.63, 3.8) is 0 Å². The average molecular weight is 233 g/mol. The molecule has 2 aromatic heterocycles. The molecule has 1 aliphatic rings. The Bertz CT molecular complexity index is 513. The lowest BCUT2D eigenvalue weighted by Crippen LogP contribution is -2.03. The first-order valence-corrected chi connectivity index (χ1v) is 6.28. The van der Waals surface area contributed by atoms with Gasteiger partial charge < -0.3 is 5.73 Å². The highest BCUT2D eigenvalue weighted by Crippen LogP contribution is 2.38. The summed E-state index contributed by atoms with van der Waals surface area (Å²) in [6, 6.07) is 0. The Morgan fingerprint density at radius 2 is 2.06 bits per heavy atom. The molecule has 2 N–H and O–H groups in total. The fourth-order valence-corrected chi connectivity index (χ4v) is 1.75. The van der Waals surface area contributed by atoms with Gasteiger partial charge in [-0.15, -0.1) is 0 Å². The Morgan fingerprint density at radius 1 is 1.35 bits per heavy atom. The van der Waals surface area contributed by atoms with Gasteiger partial charge in [0.1, 0.15) is 11.6 Å². The maximum absolute atomic E-state index is 5.89. The zero-order valence-electron chi connectivity index (χ0n) is 10.6. The molecule has 17 heavy (non-hydrogen) atoms. The number of aromatic nitrogens is 4. The van der Waals surface area contributed by atoms with Crippen molar-refractivity contribution in [2.45, 2.75) is 46.1 Å². The van der Waals surface area contributed by atoms with Crippen molar-refractivity contribution >= 4 is 16.9 Å². The molecule has 0 bridgehead atoms. The van der Waals surface area contributed by atoms with Gasteiger partial charge in [-0.1, -0.05) is 13.8 Å². The minimum atomic E-state index is 0.525. The fraction of sp³-hybridized carbons (Fsp3) is 0.583. The first-order chi connectivity index (χ1) is 8.29. The molecule has 1 saturated carbocycles. The van der Waals surface area contributed by atoms with Gasteiger partial charge in [-0.3, -0.25) is 0 Å². The number of nitrogens with two attached hydrogens (primary N) is 1. The minimum absolute atomic E-state index is 0.525. The molecular formula is C12H19N5. The van der Waals surface area contributed by atoms with Gasteiger partial charge in [-0.05, 0) is 19.8 Å². The molecule has 0 unspecified atom stereocenters. The maximum atomic E-state index is 5.89. The molecule has 1 fully saturated rings. The number of rotatable bonds is 2. The van der Waals surface area contributed by atoms with Crippen LogP contribution in [0.25, 0.3) is 11.0 Å². The number of fused-ring (bicyclic) bond motifs is 1. The molecule has 92 valence electrons. The van der Waals surface area contributed by atoms with Gasteiger partial charge in [0.15, 0.2) is 5.65 Å². The van der Waals surface area contributed by atoms with Gasteiger partial charge in [0, 0.05) is 12.5 Å². The molecule has 0 aromatic carbocycles. The molecule has 1 aliphatic carbocycles. The molecule has 0 aliphatic heterocycles. The van der Waals surface area contributed by atoms with Crippen LogP contribution in [0, 0.1) is 0 Å². The van der Waals surface area contributed by atoms with Crippen molar-refractivity contribution in [2.24, 2.45) is 0 Å². The van der Waals surface area contributed by atoms with Crippen molar-refractivity contribution in [3.05, 3.63) is 12.0 Å². The minimum Gasteiger partial charge on any atom is -0.383 e. The van der Waals surface area contributed by atoms with Gasteiger partial charge in [-0.25, -0.2) is 14.6 Å². The number of nitrogen functional groups attached to an aromatic ring is 1. The summed E-state index contributed by atoms with van der Waals surface area (Å²) >= 11 is 0. The van der Waals surface area contributed by atoms with E-state index < -0.39 is 0 Å². The van der Waals surface area contributed by atoms with E-state index in [1.165, 1.54) is 12.8 Å². The summed E-state index contributed by atoms with van der Waals surface area (Å²) in [6.07, 6.45) is 4.11. The van der Waals surface area contributed by atoms with E-state index in [1.807, 2.05) is 25.5 Å². The fourth-order valence-electron chi connectivity index (χ4n) is 1.75. The summed E-state index contributed by atoms with van der Waals surface area (Å²) in [4.78, 5) is 8.86. The Kier molecular flexibility index (Phi) is 3.26. The van der Waals surface area contributed by atoms with E-state index in [-0.39, 0.29) is 0 Å². The van der Waals surface area contributed by atoms with Crippen molar-refractivity contribution in [1.82, 2.24) is 19.7 Å². The zero-order chi connectivity index (χ0) is 12.4. The Balaban J connectivity index is 0.000000514. The van der Waals surface area contributed by atoms with Crippen molar-refractivity contribution < 1.29 is 0 Å². The lowest BCUT2D eigenvalue weighted by Gasteiger charge is -2.02.